The van der Waals surface area contributed by atoms with Gasteiger partial charge in [-0.25, -0.2) is 4.79 Å². The van der Waals surface area contributed by atoms with Gasteiger partial charge in [-0.05, 0) is 39.5 Å². The first-order valence-electron chi connectivity index (χ1n) is 15.5. The molecule has 0 aromatic heterocycles. The van der Waals surface area contributed by atoms with Crippen molar-refractivity contribution in [3.05, 3.63) is 81.6 Å². The first-order valence-corrected chi connectivity index (χ1v) is 18.9. The quantitative estimate of drug-likeness (QED) is 0.142. The summed E-state index contributed by atoms with van der Waals surface area (Å²) in [6.07, 6.45) is 7.85. The van der Waals surface area contributed by atoms with Gasteiger partial charge in [-0.1, -0.05) is 122 Å². The van der Waals surface area contributed by atoms with Gasteiger partial charge in [-0.3, -0.25) is 14.8 Å². The van der Waals surface area contributed by atoms with Crippen LogP contribution in [0.25, 0.3) is 0 Å². The van der Waals surface area contributed by atoms with Gasteiger partial charge in [0, 0.05) is 16.0 Å². The molecule has 2 spiro atoms. The van der Waals surface area contributed by atoms with Gasteiger partial charge >= 0.3 is 11.9 Å². The Labute approximate surface area is 277 Å². The molecule has 2 heterocycles. The first kappa shape index (κ1) is 31.8. The summed E-state index contributed by atoms with van der Waals surface area (Å²) in [4.78, 5) is 39.4. The van der Waals surface area contributed by atoms with Crippen molar-refractivity contribution in [1.29, 1.82) is 0 Å². The molecular formula is C34H38N2O4S4. The molecule has 0 amide bonds. The van der Waals surface area contributed by atoms with Gasteiger partial charge in [0.25, 0.3) is 0 Å². The third-order valence-corrected chi connectivity index (χ3v) is 15.2. The predicted molar refractivity (Wildman–Crippen MR) is 187 cm³/mol. The van der Waals surface area contributed by atoms with E-state index in [2.05, 4.69) is 24.3 Å². The smallest absolute Gasteiger partial charge is 0.345 e. The van der Waals surface area contributed by atoms with E-state index in [0.29, 0.717) is 11.5 Å². The minimum atomic E-state index is -0.660. The zero-order valence-corrected chi connectivity index (χ0v) is 28.5. The summed E-state index contributed by atoms with van der Waals surface area (Å²) < 4.78 is 10.5. The minimum absolute atomic E-state index is 0.183. The van der Waals surface area contributed by atoms with Crippen LogP contribution in [-0.4, -0.2) is 55.5 Å². The number of carbonyl (C=O) groups is 2. The highest BCUT2D eigenvalue weighted by molar-refractivity contribution is 8.40. The van der Waals surface area contributed by atoms with E-state index in [-0.39, 0.29) is 24.3 Å². The molecular weight excluding hydrogens is 629 g/mol. The molecule has 10 heteroatoms. The molecule has 2 saturated carbocycles. The van der Waals surface area contributed by atoms with Crippen molar-refractivity contribution in [3.63, 3.8) is 0 Å². The van der Waals surface area contributed by atoms with E-state index in [1.165, 1.54) is 0 Å². The Hall–Kier alpha value is -2.14. The molecule has 0 radical (unpaired) electrons. The summed E-state index contributed by atoms with van der Waals surface area (Å²) in [5, 5.41) is 1.91. The Morgan fingerprint density at radius 2 is 1.39 bits per heavy atom. The van der Waals surface area contributed by atoms with Crippen molar-refractivity contribution in [2.75, 3.05) is 19.0 Å². The summed E-state index contributed by atoms with van der Waals surface area (Å²) in [6.45, 7) is 4.31. The van der Waals surface area contributed by atoms with Crippen LogP contribution in [0, 0.1) is 0 Å². The van der Waals surface area contributed by atoms with Crippen LogP contribution in [0.3, 0.4) is 0 Å². The van der Waals surface area contributed by atoms with Gasteiger partial charge in [-0.15, -0.1) is 11.8 Å². The van der Waals surface area contributed by atoms with Crippen molar-refractivity contribution >= 4 is 69.1 Å². The van der Waals surface area contributed by atoms with Crippen molar-refractivity contribution in [1.82, 2.24) is 0 Å². The first-order chi connectivity index (χ1) is 21.4. The van der Waals surface area contributed by atoms with Gasteiger partial charge in [0.05, 0.1) is 30.0 Å². The Balaban J connectivity index is 1.47. The van der Waals surface area contributed by atoms with E-state index < -0.39 is 14.5 Å². The molecule has 6 nitrogen and oxygen atoms in total. The summed E-state index contributed by atoms with van der Waals surface area (Å²) in [6, 6.07) is 20.5. The molecule has 6 rings (SSSR count). The molecule has 0 bridgehead atoms. The molecule has 0 N–H and O–H groups in total. The van der Waals surface area contributed by atoms with E-state index in [1.807, 2.05) is 50.2 Å². The summed E-state index contributed by atoms with van der Waals surface area (Å²) >= 11 is 6.47. The lowest BCUT2D eigenvalue weighted by atomic mass is 9.97. The maximum atomic E-state index is 14.1. The van der Waals surface area contributed by atoms with Gasteiger partial charge in [0.15, 0.2) is 0 Å². The second-order valence-electron chi connectivity index (χ2n) is 11.4. The highest BCUT2D eigenvalue weighted by Crippen LogP contribution is 2.68. The highest BCUT2D eigenvalue weighted by atomic mass is 32.3. The topological polar surface area (TPSA) is 77.3 Å². The molecule has 0 saturated heterocycles. The fourth-order valence-corrected chi connectivity index (χ4v) is 13.2. The van der Waals surface area contributed by atoms with Gasteiger partial charge in [0.2, 0.25) is 0 Å². The van der Waals surface area contributed by atoms with Crippen molar-refractivity contribution in [2.24, 2.45) is 9.98 Å². The van der Waals surface area contributed by atoms with Crippen LogP contribution in [0.5, 0.6) is 0 Å². The van der Waals surface area contributed by atoms with E-state index in [0.717, 1.165) is 77.5 Å². The van der Waals surface area contributed by atoms with Gasteiger partial charge in [-0.2, -0.15) is 0 Å². The van der Waals surface area contributed by atoms with Crippen LogP contribution < -0.4 is 0 Å². The van der Waals surface area contributed by atoms with E-state index in [4.69, 9.17) is 19.5 Å². The number of rotatable bonds is 10. The molecule has 44 heavy (non-hydrogen) atoms. The number of nitrogens with zero attached hydrogens (tertiary/aromatic N) is 2. The summed E-state index contributed by atoms with van der Waals surface area (Å²) in [7, 11) is 0. The fraction of sp³-hybridized carbons (Fsp3) is 0.471. The summed E-state index contributed by atoms with van der Waals surface area (Å²) in [5.74, 6) is -0.376. The lowest BCUT2D eigenvalue weighted by Crippen LogP contribution is -2.42. The molecule has 2 aromatic carbocycles. The van der Waals surface area contributed by atoms with Crippen LogP contribution in [-0.2, 0) is 19.1 Å². The van der Waals surface area contributed by atoms with Gasteiger partial charge in [0.1, 0.15) is 18.4 Å². The van der Waals surface area contributed by atoms with Crippen LogP contribution in [0.1, 0.15) is 76.3 Å². The highest BCUT2D eigenvalue weighted by Gasteiger charge is 2.61. The Morgan fingerprint density at radius 3 is 2.00 bits per heavy atom. The number of carbonyl (C=O) groups excluding carboxylic acids is 2. The van der Waals surface area contributed by atoms with Crippen LogP contribution in [0.2, 0.25) is 0 Å². The van der Waals surface area contributed by atoms with Gasteiger partial charge < -0.3 is 9.47 Å². The number of ether oxygens (including phenoxy) is 2. The molecule has 0 unspecified atom stereocenters. The largest absolute Gasteiger partial charge is 0.465 e. The standard InChI is InChI=1S/C34H38N2O4S4/c1-3-39-26(37)23-41-34(33(21-13-14-22-33)36-30(44-34)25-17-9-6-10-18-25)43-27(31(38)40-4-2)28-32(19-11-12-20-32)35-29(42-28)24-15-7-5-8-16-24/h5-10,15-18H,3-4,11-14,19-23H2,1-2H3/b28-27+/t34-/m0/s1. The lowest BCUT2D eigenvalue weighted by molar-refractivity contribution is -0.140. The zero-order valence-electron chi connectivity index (χ0n) is 25.2. The number of aliphatic imine (C=N–C) groups is 2. The molecule has 232 valence electrons. The second kappa shape index (κ2) is 13.7. The number of hydrogen-bond donors (Lipinski definition) is 0. The Kier molecular flexibility index (Phi) is 9.90. The van der Waals surface area contributed by atoms with Crippen molar-refractivity contribution < 1.29 is 19.1 Å². The normalized spacial score (nSPS) is 24.4. The fourth-order valence-electron chi connectivity index (χ4n) is 6.49. The van der Waals surface area contributed by atoms with E-state index >= 15 is 0 Å². The molecule has 2 fully saturated rings. The number of thioether (sulfide) groups is 4. The summed E-state index contributed by atoms with van der Waals surface area (Å²) in [5.41, 5.74) is 1.24. The van der Waals surface area contributed by atoms with Crippen LogP contribution in [0.15, 0.2) is 80.5 Å². The Bertz CT molecular complexity index is 1460. The molecule has 1 atom stereocenters. The third kappa shape index (κ3) is 6.16. The second-order valence-corrected chi connectivity index (χ2v) is 16.8. The minimum Gasteiger partial charge on any atom is -0.465 e. The van der Waals surface area contributed by atoms with Crippen molar-refractivity contribution in [2.45, 2.75) is 79.7 Å². The molecule has 2 aliphatic carbocycles. The van der Waals surface area contributed by atoms with Crippen LogP contribution >= 0.6 is 47.0 Å². The maximum absolute atomic E-state index is 14.1. The average Bonchev–Trinajstić information content (AvgIpc) is 3.85. The Morgan fingerprint density at radius 1 is 0.795 bits per heavy atom. The predicted octanol–water partition coefficient (Wildman–Crippen LogP) is 8.46. The zero-order chi connectivity index (χ0) is 30.6. The third-order valence-electron chi connectivity index (χ3n) is 8.55. The number of benzene rings is 2. The SMILES string of the molecule is CCOC(=O)CS[C@@]1(S/C(C(=O)OCC)=C2/SC(c3ccccc3)=NC23CCCC3)SC(c2ccccc2)=NC12CCCC2. The lowest BCUT2D eigenvalue weighted by Gasteiger charge is -2.40. The molecule has 2 aliphatic heterocycles. The number of hydrogen-bond acceptors (Lipinski definition) is 10. The maximum Gasteiger partial charge on any atom is 0.345 e. The van der Waals surface area contributed by atoms with E-state index in [1.54, 1.807) is 47.0 Å². The van der Waals surface area contributed by atoms with Crippen LogP contribution in [0.4, 0.5) is 0 Å². The molecule has 2 aromatic rings. The monoisotopic (exact) mass is 666 g/mol. The van der Waals surface area contributed by atoms with E-state index in [9.17, 15) is 9.59 Å². The van der Waals surface area contributed by atoms with Crippen molar-refractivity contribution in [3.8, 4) is 0 Å². The number of esters is 2. The molecule has 4 aliphatic rings. The average molecular weight is 667 g/mol.